The summed E-state index contributed by atoms with van der Waals surface area (Å²) in [6, 6.07) is 10.3. The van der Waals surface area contributed by atoms with Crippen molar-refractivity contribution in [3.05, 3.63) is 42.7 Å². The molecule has 2 heterocycles. The Morgan fingerprint density at radius 2 is 2.00 bits per heavy atom. The fourth-order valence-electron chi connectivity index (χ4n) is 2.61. The van der Waals surface area contributed by atoms with Crippen LogP contribution < -0.4 is 0 Å². The number of nitrogens with zero attached hydrogens (tertiary/aromatic N) is 2. The second-order valence-electron chi connectivity index (χ2n) is 5.05. The minimum atomic E-state index is -0.0778. The summed E-state index contributed by atoms with van der Waals surface area (Å²) in [6.45, 7) is 4.45. The first kappa shape index (κ1) is 13.3. The lowest BCUT2D eigenvalue weighted by atomic mass is 10.1. The zero-order chi connectivity index (χ0) is 13.8. The largest absolute Gasteiger partial charge is 0.350 e. The minimum Gasteiger partial charge on any atom is -0.350 e. The topological polar surface area (TPSA) is 36.3 Å². The number of ether oxygens (including phenoxy) is 2. The highest BCUT2D eigenvalue weighted by molar-refractivity contribution is 5.55. The van der Waals surface area contributed by atoms with Gasteiger partial charge in [0, 0.05) is 30.4 Å². The normalized spacial score (nSPS) is 17.4. The van der Waals surface area contributed by atoms with Gasteiger partial charge in [-0.05, 0) is 6.42 Å². The molecule has 4 nitrogen and oxygen atoms in total. The Hall–Kier alpha value is -1.65. The van der Waals surface area contributed by atoms with Crippen molar-refractivity contribution in [2.45, 2.75) is 26.2 Å². The molecule has 2 aromatic rings. The average Bonchev–Trinajstić information content (AvgIpc) is 3.17. The Bertz CT molecular complexity index is 532. The van der Waals surface area contributed by atoms with Gasteiger partial charge >= 0.3 is 0 Å². The number of imidazole rings is 1. The third kappa shape index (κ3) is 2.76. The third-order valence-corrected chi connectivity index (χ3v) is 3.74. The number of benzene rings is 1. The van der Waals surface area contributed by atoms with Crippen LogP contribution in [0.1, 0.15) is 13.3 Å². The van der Waals surface area contributed by atoms with Crippen molar-refractivity contribution in [2.75, 3.05) is 13.2 Å². The van der Waals surface area contributed by atoms with Gasteiger partial charge in [-0.25, -0.2) is 4.98 Å². The van der Waals surface area contributed by atoms with Crippen LogP contribution in [0.25, 0.3) is 11.4 Å². The molecule has 106 valence electrons. The molecule has 0 radical (unpaired) electrons. The van der Waals surface area contributed by atoms with E-state index in [1.54, 1.807) is 0 Å². The summed E-state index contributed by atoms with van der Waals surface area (Å²) in [5, 5.41) is 0. The van der Waals surface area contributed by atoms with Gasteiger partial charge in [-0.15, -0.1) is 0 Å². The number of hydrogen-bond acceptors (Lipinski definition) is 3. The summed E-state index contributed by atoms with van der Waals surface area (Å²) in [5.74, 6) is 1.36. The molecule has 1 aliphatic rings. The highest BCUT2D eigenvalue weighted by Gasteiger charge is 2.26. The SMILES string of the molecule is CCC(Cn1ccnc1-c1ccccc1)C1OCCO1. The van der Waals surface area contributed by atoms with Crippen molar-refractivity contribution >= 4 is 0 Å². The van der Waals surface area contributed by atoms with E-state index in [9.17, 15) is 0 Å². The van der Waals surface area contributed by atoms with Crippen LogP contribution >= 0.6 is 0 Å². The molecule has 0 N–H and O–H groups in total. The maximum atomic E-state index is 5.64. The van der Waals surface area contributed by atoms with Crippen LogP contribution in [0.3, 0.4) is 0 Å². The van der Waals surface area contributed by atoms with E-state index >= 15 is 0 Å². The van der Waals surface area contributed by atoms with E-state index < -0.39 is 0 Å². The van der Waals surface area contributed by atoms with Crippen molar-refractivity contribution in [1.82, 2.24) is 9.55 Å². The van der Waals surface area contributed by atoms with Crippen LogP contribution in [0.15, 0.2) is 42.7 Å². The molecule has 1 aromatic carbocycles. The predicted octanol–water partition coefficient (Wildman–Crippen LogP) is 2.95. The highest BCUT2D eigenvalue weighted by atomic mass is 16.7. The first-order valence-electron chi connectivity index (χ1n) is 7.18. The van der Waals surface area contributed by atoms with Gasteiger partial charge in [-0.2, -0.15) is 0 Å². The lowest BCUT2D eigenvalue weighted by Crippen LogP contribution is -2.25. The van der Waals surface area contributed by atoms with E-state index in [4.69, 9.17) is 9.47 Å². The van der Waals surface area contributed by atoms with Crippen LogP contribution in [-0.4, -0.2) is 29.1 Å². The van der Waals surface area contributed by atoms with Gasteiger partial charge in [-0.1, -0.05) is 37.3 Å². The second kappa shape index (κ2) is 6.20. The fraction of sp³-hybridized carbons (Fsp3) is 0.438. The van der Waals surface area contributed by atoms with Crippen molar-refractivity contribution in [1.29, 1.82) is 0 Å². The summed E-state index contributed by atoms with van der Waals surface area (Å²) < 4.78 is 13.5. The molecule has 20 heavy (non-hydrogen) atoms. The van der Waals surface area contributed by atoms with Crippen LogP contribution in [0.5, 0.6) is 0 Å². The van der Waals surface area contributed by atoms with Gasteiger partial charge in [0.15, 0.2) is 6.29 Å². The molecule has 1 saturated heterocycles. The maximum absolute atomic E-state index is 5.64. The van der Waals surface area contributed by atoms with Gasteiger partial charge < -0.3 is 14.0 Å². The Kier molecular flexibility index (Phi) is 4.14. The summed E-state index contributed by atoms with van der Waals surface area (Å²) in [4.78, 5) is 4.48. The summed E-state index contributed by atoms with van der Waals surface area (Å²) >= 11 is 0. The van der Waals surface area contributed by atoms with Crippen LogP contribution in [0, 0.1) is 5.92 Å². The Morgan fingerprint density at radius 1 is 1.25 bits per heavy atom. The summed E-state index contributed by atoms with van der Waals surface area (Å²) in [6.07, 6.45) is 4.83. The van der Waals surface area contributed by atoms with Crippen molar-refractivity contribution < 1.29 is 9.47 Å². The molecule has 0 amide bonds. The molecule has 0 aliphatic carbocycles. The van der Waals surface area contributed by atoms with E-state index in [2.05, 4.69) is 28.6 Å². The number of hydrogen-bond donors (Lipinski definition) is 0. The number of aromatic nitrogens is 2. The number of rotatable bonds is 5. The van der Waals surface area contributed by atoms with Gasteiger partial charge in [-0.3, -0.25) is 0 Å². The Balaban J connectivity index is 1.79. The monoisotopic (exact) mass is 272 g/mol. The third-order valence-electron chi connectivity index (χ3n) is 3.74. The molecular formula is C16H20N2O2. The van der Waals surface area contributed by atoms with Gasteiger partial charge in [0.2, 0.25) is 0 Å². The van der Waals surface area contributed by atoms with Crippen LogP contribution in [0.4, 0.5) is 0 Å². The maximum Gasteiger partial charge on any atom is 0.162 e. The molecule has 1 atom stereocenters. The first-order chi connectivity index (χ1) is 9.88. The zero-order valence-corrected chi connectivity index (χ0v) is 11.7. The van der Waals surface area contributed by atoms with Crippen LogP contribution in [0.2, 0.25) is 0 Å². The molecule has 0 bridgehead atoms. The first-order valence-corrected chi connectivity index (χ1v) is 7.18. The van der Waals surface area contributed by atoms with Gasteiger partial charge in [0.1, 0.15) is 5.82 Å². The minimum absolute atomic E-state index is 0.0778. The van der Waals surface area contributed by atoms with Crippen molar-refractivity contribution in [3.63, 3.8) is 0 Å². The van der Waals surface area contributed by atoms with Crippen molar-refractivity contribution in [2.24, 2.45) is 5.92 Å². The van der Waals surface area contributed by atoms with E-state index in [0.717, 1.165) is 24.4 Å². The average molecular weight is 272 g/mol. The summed E-state index contributed by atoms with van der Waals surface area (Å²) in [7, 11) is 0. The molecule has 1 fully saturated rings. The molecule has 1 unspecified atom stereocenters. The molecule has 1 aliphatic heterocycles. The fourth-order valence-corrected chi connectivity index (χ4v) is 2.61. The van der Waals surface area contributed by atoms with Crippen LogP contribution in [-0.2, 0) is 16.0 Å². The lowest BCUT2D eigenvalue weighted by Gasteiger charge is -2.22. The van der Waals surface area contributed by atoms with Gasteiger partial charge in [0.25, 0.3) is 0 Å². The molecule has 0 saturated carbocycles. The Morgan fingerprint density at radius 3 is 2.70 bits per heavy atom. The molecule has 4 heteroatoms. The van der Waals surface area contributed by atoms with Crippen molar-refractivity contribution in [3.8, 4) is 11.4 Å². The van der Waals surface area contributed by atoms with Gasteiger partial charge in [0.05, 0.1) is 13.2 Å². The van der Waals surface area contributed by atoms with E-state index in [1.807, 2.05) is 30.6 Å². The molecule has 1 aromatic heterocycles. The summed E-state index contributed by atoms with van der Waals surface area (Å²) in [5.41, 5.74) is 1.14. The molecule has 0 spiro atoms. The smallest absolute Gasteiger partial charge is 0.162 e. The standard InChI is InChI=1S/C16H20N2O2/c1-2-13(16-19-10-11-20-16)12-18-9-8-17-15(18)14-6-4-3-5-7-14/h3-9,13,16H,2,10-12H2,1H3. The van der Waals surface area contributed by atoms with E-state index in [0.29, 0.717) is 19.1 Å². The Labute approximate surface area is 119 Å². The highest BCUT2D eigenvalue weighted by Crippen LogP contribution is 2.23. The quantitative estimate of drug-likeness (QED) is 0.839. The van der Waals surface area contributed by atoms with E-state index in [-0.39, 0.29) is 6.29 Å². The lowest BCUT2D eigenvalue weighted by molar-refractivity contribution is -0.0883. The van der Waals surface area contributed by atoms with E-state index in [1.165, 1.54) is 0 Å². The predicted molar refractivity (Wildman–Crippen MR) is 77.1 cm³/mol. The zero-order valence-electron chi connectivity index (χ0n) is 11.7. The molecular weight excluding hydrogens is 252 g/mol. The second-order valence-corrected chi connectivity index (χ2v) is 5.05. The molecule has 3 rings (SSSR count).